The molecule has 0 aromatic heterocycles. The van der Waals surface area contributed by atoms with Gasteiger partial charge in [0.05, 0.1) is 18.7 Å². The van der Waals surface area contributed by atoms with Crippen molar-refractivity contribution in [1.29, 1.82) is 0 Å². The summed E-state index contributed by atoms with van der Waals surface area (Å²) >= 11 is 0. The van der Waals surface area contributed by atoms with Crippen LogP contribution in [0.25, 0.3) is 0 Å². The van der Waals surface area contributed by atoms with Gasteiger partial charge in [-0.2, -0.15) is 0 Å². The first kappa shape index (κ1) is 7.06. The Morgan fingerprint density at radius 2 is 2.45 bits per heavy atom. The van der Waals surface area contributed by atoms with E-state index in [0.29, 0.717) is 13.1 Å². The Labute approximate surface area is 65.3 Å². The van der Waals surface area contributed by atoms with Crippen LogP contribution in [-0.4, -0.2) is 37.7 Å². The number of ether oxygens (including phenoxy) is 1. The first-order valence-electron chi connectivity index (χ1n) is 3.90. The van der Waals surface area contributed by atoms with Crippen LogP contribution in [0.2, 0.25) is 0 Å². The van der Waals surface area contributed by atoms with E-state index >= 15 is 0 Å². The van der Waals surface area contributed by atoms with Crippen LogP contribution in [0.3, 0.4) is 0 Å². The molecule has 1 atom stereocenters. The summed E-state index contributed by atoms with van der Waals surface area (Å²) in [5, 5.41) is 6.04. The monoisotopic (exact) mass is 156 g/mol. The zero-order valence-electron chi connectivity index (χ0n) is 6.35. The molecule has 2 aliphatic rings. The van der Waals surface area contributed by atoms with Crippen LogP contribution in [0.1, 0.15) is 6.42 Å². The van der Waals surface area contributed by atoms with Crippen molar-refractivity contribution in [2.75, 3.05) is 26.3 Å². The SMILES string of the molecule is O=C1CNC2(CCOC2)CN1. The Morgan fingerprint density at radius 3 is 3.00 bits per heavy atom. The highest BCUT2D eigenvalue weighted by molar-refractivity contribution is 5.79. The molecule has 62 valence electrons. The minimum Gasteiger partial charge on any atom is -0.379 e. The molecule has 0 radical (unpaired) electrons. The molecule has 2 aliphatic heterocycles. The minimum absolute atomic E-state index is 0.0495. The van der Waals surface area contributed by atoms with Crippen LogP contribution in [0.15, 0.2) is 0 Å². The fourth-order valence-corrected chi connectivity index (χ4v) is 1.55. The smallest absolute Gasteiger partial charge is 0.234 e. The van der Waals surface area contributed by atoms with Crippen molar-refractivity contribution in [3.63, 3.8) is 0 Å². The lowest BCUT2D eigenvalue weighted by Gasteiger charge is -2.32. The van der Waals surface area contributed by atoms with E-state index in [1.54, 1.807) is 0 Å². The molecule has 4 nitrogen and oxygen atoms in total. The molecule has 1 spiro atoms. The number of carbonyl (C=O) groups is 1. The first-order valence-corrected chi connectivity index (χ1v) is 3.90. The number of carbonyl (C=O) groups excluding carboxylic acids is 1. The standard InChI is InChI=1S/C7H12N2O2/c10-6-3-9-7(4-8-6)1-2-11-5-7/h9H,1-5H2,(H,8,10). The predicted molar refractivity (Wildman–Crippen MR) is 39.2 cm³/mol. The molecular formula is C7H12N2O2. The highest BCUT2D eigenvalue weighted by Crippen LogP contribution is 2.18. The summed E-state index contributed by atoms with van der Waals surface area (Å²) in [6.45, 7) is 2.69. The Hall–Kier alpha value is -0.610. The van der Waals surface area contributed by atoms with Crippen molar-refractivity contribution < 1.29 is 9.53 Å². The van der Waals surface area contributed by atoms with Gasteiger partial charge < -0.3 is 10.1 Å². The summed E-state index contributed by atoms with van der Waals surface area (Å²) in [4.78, 5) is 10.8. The number of hydrogen-bond donors (Lipinski definition) is 2. The summed E-state index contributed by atoms with van der Waals surface area (Å²) in [5.74, 6) is 0.0857. The summed E-state index contributed by atoms with van der Waals surface area (Å²) in [6, 6.07) is 0. The molecule has 11 heavy (non-hydrogen) atoms. The zero-order chi connectivity index (χ0) is 7.73. The van der Waals surface area contributed by atoms with Gasteiger partial charge in [-0.05, 0) is 6.42 Å². The van der Waals surface area contributed by atoms with Crippen LogP contribution in [0, 0.1) is 0 Å². The number of nitrogens with one attached hydrogen (secondary N) is 2. The van der Waals surface area contributed by atoms with Crippen molar-refractivity contribution in [3.05, 3.63) is 0 Å². The van der Waals surface area contributed by atoms with Gasteiger partial charge in [-0.15, -0.1) is 0 Å². The molecule has 0 aromatic rings. The zero-order valence-corrected chi connectivity index (χ0v) is 6.35. The van der Waals surface area contributed by atoms with Crippen molar-refractivity contribution in [1.82, 2.24) is 10.6 Å². The van der Waals surface area contributed by atoms with E-state index in [-0.39, 0.29) is 11.4 Å². The molecular weight excluding hydrogens is 144 g/mol. The summed E-state index contributed by atoms with van der Waals surface area (Å²) in [7, 11) is 0. The van der Waals surface area contributed by atoms with E-state index in [2.05, 4.69) is 10.6 Å². The van der Waals surface area contributed by atoms with Gasteiger partial charge in [0, 0.05) is 13.2 Å². The third-order valence-corrected chi connectivity index (χ3v) is 2.35. The fourth-order valence-electron chi connectivity index (χ4n) is 1.55. The van der Waals surface area contributed by atoms with E-state index < -0.39 is 0 Å². The number of piperazine rings is 1. The summed E-state index contributed by atoms with van der Waals surface area (Å²) in [5.41, 5.74) is 0.0495. The van der Waals surface area contributed by atoms with Gasteiger partial charge in [0.15, 0.2) is 0 Å². The van der Waals surface area contributed by atoms with Gasteiger partial charge in [-0.1, -0.05) is 0 Å². The Kier molecular flexibility index (Phi) is 1.58. The van der Waals surface area contributed by atoms with E-state index in [9.17, 15) is 4.79 Å². The lowest BCUT2D eigenvalue weighted by Crippen LogP contribution is -2.61. The molecule has 0 aromatic carbocycles. The molecule has 0 saturated carbocycles. The molecule has 2 heterocycles. The van der Waals surface area contributed by atoms with Gasteiger partial charge in [-0.3, -0.25) is 10.1 Å². The van der Waals surface area contributed by atoms with Gasteiger partial charge in [0.1, 0.15) is 0 Å². The molecule has 1 amide bonds. The van der Waals surface area contributed by atoms with Gasteiger partial charge >= 0.3 is 0 Å². The third kappa shape index (κ3) is 1.23. The average Bonchev–Trinajstić information content (AvgIpc) is 2.45. The number of hydrogen-bond acceptors (Lipinski definition) is 3. The molecule has 2 fully saturated rings. The van der Waals surface area contributed by atoms with Gasteiger partial charge in [0.2, 0.25) is 5.91 Å². The normalized spacial score (nSPS) is 37.6. The maximum atomic E-state index is 10.8. The maximum absolute atomic E-state index is 10.8. The second-order valence-electron chi connectivity index (χ2n) is 3.21. The highest BCUT2D eigenvalue weighted by Gasteiger charge is 2.37. The molecule has 2 rings (SSSR count). The Balaban J connectivity index is 1.99. The Bertz CT molecular complexity index is 163. The van der Waals surface area contributed by atoms with Crippen LogP contribution in [0.4, 0.5) is 0 Å². The molecule has 4 heteroatoms. The number of rotatable bonds is 0. The van der Waals surface area contributed by atoms with Crippen LogP contribution in [-0.2, 0) is 9.53 Å². The summed E-state index contributed by atoms with van der Waals surface area (Å²) in [6.07, 6.45) is 1.01. The van der Waals surface area contributed by atoms with E-state index in [0.717, 1.165) is 19.6 Å². The third-order valence-electron chi connectivity index (χ3n) is 2.35. The van der Waals surface area contributed by atoms with Gasteiger partial charge in [0.25, 0.3) is 0 Å². The molecule has 1 unspecified atom stereocenters. The second kappa shape index (κ2) is 2.46. The number of amides is 1. The molecule has 2 N–H and O–H groups in total. The van der Waals surface area contributed by atoms with Crippen LogP contribution < -0.4 is 10.6 Å². The van der Waals surface area contributed by atoms with E-state index in [1.165, 1.54) is 0 Å². The second-order valence-corrected chi connectivity index (χ2v) is 3.21. The fraction of sp³-hybridized carbons (Fsp3) is 0.857. The lowest BCUT2D eigenvalue weighted by molar-refractivity contribution is -0.122. The average molecular weight is 156 g/mol. The van der Waals surface area contributed by atoms with Crippen LogP contribution in [0.5, 0.6) is 0 Å². The minimum atomic E-state index is 0.0495. The maximum Gasteiger partial charge on any atom is 0.234 e. The lowest BCUT2D eigenvalue weighted by atomic mass is 9.97. The van der Waals surface area contributed by atoms with E-state index in [1.807, 2.05) is 0 Å². The molecule has 0 aliphatic carbocycles. The predicted octanol–water partition coefficient (Wildman–Crippen LogP) is -1.14. The topological polar surface area (TPSA) is 50.4 Å². The summed E-state index contributed by atoms with van der Waals surface area (Å²) < 4.78 is 5.26. The van der Waals surface area contributed by atoms with Crippen molar-refractivity contribution in [2.24, 2.45) is 0 Å². The first-order chi connectivity index (χ1) is 5.31. The quantitative estimate of drug-likeness (QED) is 0.466. The van der Waals surface area contributed by atoms with Gasteiger partial charge in [-0.25, -0.2) is 0 Å². The highest BCUT2D eigenvalue weighted by atomic mass is 16.5. The molecule has 0 bridgehead atoms. The van der Waals surface area contributed by atoms with Crippen molar-refractivity contribution in [3.8, 4) is 0 Å². The van der Waals surface area contributed by atoms with E-state index in [4.69, 9.17) is 4.74 Å². The van der Waals surface area contributed by atoms with Crippen molar-refractivity contribution in [2.45, 2.75) is 12.0 Å². The largest absolute Gasteiger partial charge is 0.379 e. The van der Waals surface area contributed by atoms with Crippen molar-refractivity contribution >= 4 is 5.91 Å². The molecule has 2 saturated heterocycles. The Morgan fingerprint density at radius 1 is 1.55 bits per heavy atom. The van der Waals surface area contributed by atoms with Crippen LogP contribution >= 0.6 is 0 Å².